The lowest BCUT2D eigenvalue weighted by atomic mass is 10.1. The number of hydrogen-bond acceptors (Lipinski definition) is 5. The highest BCUT2D eigenvalue weighted by Crippen LogP contribution is 2.31. The smallest absolute Gasteiger partial charge is 0.265 e. The zero-order valence-corrected chi connectivity index (χ0v) is 14.7. The summed E-state index contributed by atoms with van der Waals surface area (Å²) in [5, 5.41) is 3.65. The second-order valence-electron chi connectivity index (χ2n) is 5.40. The topological polar surface area (TPSA) is 81.4 Å². The predicted molar refractivity (Wildman–Crippen MR) is 95.1 cm³/mol. The third-order valence-corrected chi connectivity index (χ3v) is 5.21. The molecule has 3 aromatic rings. The Morgan fingerprint density at radius 1 is 1.12 bits per heavy atom. The zero-order valence-electron chi connectivity index (χ0n) is 13.9. The van der Waals surface area contributed by atoms with E-state index in [9.17, 15) is 8.42 Å². The van der Waals surface area contributed by atoms with Crippen LogP contribution in [0.25, 0.3) is 11.3 Å². The number of aryl methyl sites for hydroxylation is 1. The van der Waals surface area contributed by atoms with Gasteiger partial charge in [-0.05, 0) is 42.3 Å². The maximum atomic E-state index is 12.7. The van der Waals surface area contributed by atoms with E-state index in [-0.39, 0.29) is 10.6 Å². The first-order chi connectivity index (χ1) is 12.0. The van der Waals surface area contributed by atoms with Gasteiger partial charge in [0.1, 0.15) is 10.6 Å². The van der Waals surface area contributed by atoms with Gasteiger partial charge in [0.2, 0.25) is 0 Å². The number of methoxy groups -OCH3 is 1. The van der Waals surface area contributed by atoms with Crippen molar-refractivity contribution in [3.8, 4) is 17.1 Å². The maximum Gasteiger partial charge on any atom is 0.265 e. The molecular formula is C18H18N2O4S. The molecule has 0 saturated heterocycles. The molecule has 130 valence electrons. The van der Waals surface area contributed by atoms with Crippen LogP contribution in [0.1, 0.15) is 12.5 Å². The van der Waals surface area contributed by atoms with E-state index in [1.165, 1.54) is 19.4 Å². The summed E-state index contributed by atoms with van der Waals surface area (Å²) in [4.78, 5) is 0.0535. The molecule has 1 N–H and O–H groups in total. The highest BCUT2D eigenvalue weighted by molar-refractivity contribution is 7.92. The molecular weight excluding hydrogens is 340 g/mol. The molecule has 0 bridgehead atoms. The molecule has 0 amide bonds. The van der Waals surface area contributed by atoms with Gasteiger partial charge in [-0.2, -0.15) is 0 Å². The Hall–Kier alpha value is -2.80. The van der Waals surface area contributed by atoms with Gasteiger partial charge < -0.3 is 9.26 Å². The Kier molecular flexibility index (Phi) is 4.76. The molecule has 1 heterocycles. The van der Waals surface area contributed by atoms with Crippen molar-refractivity contribution < 1.29 is 17.7 Å². The Morgan fingerprint density at radius 2 is 1.88 bits per heavy atom. The van der Waals surface area contributed by atoms with Crippen LogP contribution in [-0.2, 0) is 16.4 Å². The number of ether oxygens (including phenoxy) is 1. The summed E-state index contributed by atoms with van der Waals surface area (Å²) in [5.41, 5.74) is 2.32. The monoisotopic (exact) mass is 358 g/mol. The summed E-state index contributed by atoms with van der Waals surface area (Å²) < 4.78 is 38.3. The molecule has 0 unspecified atom stereocenters. The third kappa shape index (κ3) is 3.66. The van der Waals surface area contributed by atoms with Crippen molar-refractivity contribution in [1.29, 1.82) is 0 Å². The first kappa shape index (κ1) is 17.0. The number of aromatic nitrogens is 1. The van der Waals surface area contributed by atoms with Crippen LogP contribution in [0.2, 0.25) is 0 Å². The minimum atomic E-state index is -3.78. The van der Waals surface area contributed by atoms with Crippen molar-refractivity contribution in [1.82, 2.24) is 5.16 Å². The van der Waals surface area contributed by atoms with Crippen LogP contribution in [0.15, 0.2) is 64.1 Å². The highest BCUT2D eigenvalue weighted by atomic mass is 32.2. The van der Waals surface area contributed by atoms with Crippen molar-refractivity contribution in [2.75, 3.05) is 11.8 Å². The molecule has 0 aliphatic carbocycles. The molecule has 25 heavy (non-hydrogen) atoms. The highest BCUT2D eigenvalue weighted by Gasteiger charge is 2.21. The van der Waals surface area contributed by atoms with E-state index in [0.29, 0.717) is 17.0 Å². The maximum absolute atomic E-state index is 12.7. The number of sulfonamides is 1. The summed E-state index contributed by atoms with van der Waals surface area (Å²) in [6.45, 7) is 2.04. The van der Waals surface area contributed by atoms with Crippen LogP contribution in [0.4, 0.5) is 5.69 Å². The molecule has 0 aliphatic rings. The summed E-state index contributed by atoms with van der Waals surface area (Å²) in [6.07, 6.45) is 2.41. The van der Waals surface area contributed by atoms with Crippen LogP contribution in [0.3, 0.4) is 0 Å². The van der Waals surface area contributed by atoms with Gasteiger partial charge >= 0.3 is 0 Å². The molecule has 1 aromatic heterocycles. The molecule has 0 atom stereocenters. The van der Waals surface area contributed by atoms with Crippen molar-refractivity contribution in [3.05, 3.63) is 60.3 Å². The van der Waals surface area contributed by atoms with E-state index < -0.39 is 10.0 Å². The summed E-state index contributed by atoms with van der Waals surface area (Å²) in [7, 11) is -2.36. The van der Waals surface area contributed by atoms with Crippen molar-refractivity contribution in [2.24, 2.45) is 0 Å². The predicted octanol–water partition coefficient (Wildman–Crippen LogP) is 3.71. The number of hydrogen-bond donors (Lipinski definition) is 1. The molecule has 2 aromatic carbocycles. The van der Waals surface area contributed by atoms with Gasteiger partial charge in [0.25, 0.3) is 10.0 Å². The van der Waals surface area contributed by atoms with Gasteiger partial charge in [0, 0.05) is 17.3 Å². The summed E-state index contributed by atoms with van der Waals surface area (Å²) in [5.74, 6) is 0.761. The largest absolute Gasteiger partial charge is 0.495 e. The first-order valence-corrected chi connectivity index (χ1v) is 9.22. The second kappa shape index (κ2) is 6.98. The van der Waals surface area contributed by atoms with Crippen LogP contribution < -0.4 is 9.46 Å². The molecule has 0 radical (unpaired) electrons. The minimum absolute atomic E-state index is 0.0535. The van der Waals surface area contributed by atoms with Crippen LogP contribution in [0, 0.1) is 0 Å². The van der Waals surface area contributed by atoms with Crippen LogP contribution in [-0.4, -0.2) is 20.7 Å². The van der Waals surface area contributed by atoms with E-state index >= 15 is 0 Å². The SMILES string of the molecule is CCc1ccc(NS(=O)(=O)c2ccc(-c3ccno3)cc2OC)cc1. The third-order valence-electron chi connectivity index (χ3n) is 3.79. The normalized spacial score (nSPS) is 11.3. The molecule has 6 nitrogen and oxygen atoms in total. The fourth-order valence-electron chi connectivity index (χ4n) is 2.43. The number of rotatable bonds is 6. The molecule has 0 spiro atoms. The summed E-state index contributed by atoms with van der Waals surface area (Å²) >= 11 is 0. The lowest BCUT2D eigenvalue weighted by molar-refractivity contribution is 0.402. The standard InChI is InChI=1S/C18H18N2O4S/c1-3-13-4-7-15(8-5-13)20-25(21,22)18-9-6-14(12-17(18)23-2)16-10-11-19-24-16/h4-12,20H,3H2,1-2H3. The second-order valence-corrected chi connectivity index (χ2v) is 7.05. The van der Waals surface area contributed by atoms with E-state index in [1.54, 1.807) is 30.3 Å². The van der Waals surface area contributed by atoms with Crippen LogP contribution >= 0.6 is 0 Å². The van der Waals surface area contributed by atoms with Gasteiger partial charge in [-0.25, -0.2) is 8.42 Å². The molecule has 3 rings (SSSR count). The summed E-state index contributed by atoms with van der Waals surface area (Å²) in [6, 6.07) is 13.7. The average molecular weight is 358 g/mol. The van der Waals surface area contributed by atoms with E-state index in [0.717, 1.165) is 12.0 Å². The van der Waals surface area contributed by atoms with E-state index in [1.807, 2.05) is 19.1 Å². The number of nitrogens with zero attached hydrogens (tertiary/aromatic N) is 1. The Morgan fingerprint density at radius 3 is 2.48 bits per heavy atom. The van der Waals surface area contributed by atoms with Gasteiger partial charge in [0.05, 0.1) is 13.3 Å². The van der Waals surface area contributed by atoms with Gasteiger partial charge in [-0.1, -0.05) is 24.2 Å². The Labute approximate surface area is 146 Å². The van der Waals surface area contributed by atoms with Gasteiger partial charge in [0.15, 0.2) is 5.76 Å². The van der Waals surface area contributed by atoms with Crippen molar-refractivity contribution >= 4 is 15.7 Å². The quantitative estimate of drug-likeness (QED) is 0.726. The lowest BCUT2D eigenvalue weighted by Crippen LogP contribution is -2.14. The molecule has 0 fully saturated rings. The number of benzene rings is 2. The number of nitrogens with one attached hydrogen (secondary N) is 1. The van der Waals surface area contributed by atoms with E-state index in [2.05, 4.69) is 9.88 Å². The van der Waals surface area contributed by atoms with E-state index in [4.69, 9.17) is 9.26 Å². The lowest BCUT2D eigenvalue weighted by Gasteiger charge is -2.12. The van der Waals surface area contributed by atoms with Gasteiger partial charge in [-0.15, -0.1) is 0 Å². The van der Waals surface area contributed by atoms with Crippen LogP contribution in [0.5, 0.6) is 5.75 Å². The first-order valence-electron chi connectivity index (χ1n) is 7.74. The van der Waals surface area contributed by atoms with Crippen molar-refractivity contribution in [2.45, 2.75) is 18.2 Å². The zero-order chi connectivity index (χ0) is 17.9. The Balaban J connectivity index is 1.93. The Bertz CT molecular complexity index is 949. The van der Waals surface area contributed by atoms with Gasteiger partial charge in [-0.3, -0.25) is 4.72 Å². The minimum Gasteiger partial charge on any atom is -0.495 e. The average Bonchev–Trinajstić information content (AvgIpc) is 3.16. The molecule has 7 heteroatoms. The molecule has 0 saturated carbocycles. The molecule has 0 aliphatic heterocycles. The number of anilines is 1. The fraction of sp³-hybridized carbons (Fsp3) is 0.167. The van der Waals surface area contributed by atoms with Crippen molar-refractivity contribution in [3.63, 3.8) is 0 Å². The fourth-order valence-corrected chi connectivity index (χ4v) is 3.64.